The van der Waals surface area contributed by atoms with Crippen molar-refractivity contribution in [3.8, 4) is 0 Å². The Labute approximate surface area is 126 Å². The van der Waals surface area contributed by atoms with Crippen molar-refractivity contribution in [1.29, 1.82) is 0 Å². The number of aromatic nitrogens is 1. The van der Waals surface area contributed by atoms with E-state index in [1.54, 1.807) is 0 Å². The maximum atomic E-state index is 2.36. The number of pyridine rings is 1. The summed E-state index contributed by atoms with van der Waals surface area (Å²) in [6.45, 7) is 4.53. The van der Waals surface area contributed by atoms with E-state index in [0.29, 0.717) is 5.92 Å². The second kappa shape index (κ2) is 4.33. The Morgan fingerprint density at radius 2 is 1.74 bits per heavy atom. The third kappa shape index (κ3) is 1.57. The third-order valence-electron chi connectivity index (χ3n) is 4.31. The monoisotopic (exact) mass is 426 g/mol. The van der Waals surface area contributed by atoms with Gasteiger partial charge in [-0.15, -0.1) is 0 Å². The molecule has 1 aliphatic rings. The maximum Gasteiger partial charge on any atom is 0.120 e. The zero-order valence-corrected chi connectivity index (χ0v) is 13.4. The first kappa shape index (κ1) is 12.7. The van der Waals surface area contributed by atoms with Crippen molar-refractivity contribution in [2.24, 2.45) is 0 Å². The summed E-state index contributed by atoms with van der Waals surface area (Å²) in [6.07, 6.45) is 2.18. The van der Waals surface area contributed by atoms with Crippen LogP contribution < -0.4 is 4.57 Å². The van der Waals surface area contributed by atoms with E-state index in [1.807, 2.05) is 0 Å². The molecule has 1 radical (unpaired) electrons. The van der Waals surface area contributed by atoms with E-state index >= 15 is 0 Å². The first-order valence-electron chi connectivity index (χ1n) is 6.47. The molecule has 0 spiro atoms. The van der Waals surface area contributed by atoms with Gasteiger partial charge in [0, 0.05) is 31.4 Å². The molecule has 19 heavy (non-hydrogen) atoms. The number of nitrogens with zero attached hydrogens (tertiary/aromatic N) is 1. The summed E-state index contributed by atoms with van der Waals surface area (Å²) in [5, 5.41) is 4.09. The molecule has 0 bridgehead atoms. The molecule has 97 valence electrons. The van der Waals surface area contributed by atoms with Crippen molar-refractivity contribution in [2.45, 2.75) is 19.8 Å². The van der Waals surface area contributed by atoms with Crippen molar-refractivity contribution in [2.75, 3.05) is 0 Å². The van der Waals surface area contributed by atoms with Crippen LogP contribution >= 0.6 is 0 Å². The van der Waals surface area contributed by atoms with Crippen molar-refractivity contribution in [3.63, 3.8) is 0 Å². The topological polar surface area (TPSA) is 3.88 Å². The predicted molar refractivity (Wildman–Crippen MR) is 74.4 cm³/mol. The molecule has 0 saturated carbocycles. The van der Waals surface area contributed by atoms with Crippen LogP contribution in [0.3, 0.4) is 0 Å². The summed E-state index contributed by atoms with van der Waals surface area (Å²) in [5.74, 6) is 0.485. The van der Waals surface area contributed by atoms with E-state index in [-0.39, 0.29) is 20.1 Å². The van der Waals surface area contributed by atoms with Gasteiger partial charge < -0.3 is 4.57 Å². The van der Waals surface area contributed by atoms with Crippen molar-refractivity contribution >= 4 is 21.7 Å². The van der Waals surface area contributed by atoms with Gasteiger partial charge in [0.1, 0.15) is 5.52 Å². The largest absolute Gasteiger partial charge is 0.327 e. The fraction of sp³-hybridized carbons (Fsp3) is 0.176. The van der Waals surface area contributed by atoms with E-state index in [0.717, 1.165) is 0 Å². The average molecular weight is 426 g/mol. The Balaban J connectivity index is 0.00000110. The molecule has 0 aliphatic carbocycles. The minimum atomic E-state index is 0. The summed E-state index contributed by atoms with van der Waals surface area (Å²) >= 11 is 0. The van der Waals surface area contributed by atoms with E-state index in [2.05, 4.69) is 67.1 Å². The van der Waals surface area contributed by atoms with Crippen LogP contribution in [0.15, 0.2) is 48.7 Å². The molecular weight excluding hydrogens is 410 g/mol. The first-order chi connectivity index (χ1) is 8.77. The second-order valence-corrected chi connectivity index (χ2v) is 5.19. The zero-order chi connectivity index (χ0) is 12.3. The van der Waals surface area contributed by atoms with Crippen molar-refractivity contribution < 1.29 is 24.7 Å². The van der Waals surface area contributed by atoms with Gasteiger partial charge >= 0.3 is 0 Å². The number of hydrogen-bond donors (Lipinski definition) is 0. The summed E-state index contributed by atoms with van der Waals surface area (Å²) in [7, 11) is 0. The average Bonchev–Trinajstić information content (AvgIpc) is 2.43. The van der Waals surface area contributed by atoms with Gasteiger partial charge in [0.15, 0.2) is 0 Å². The van der Waals surface area contributed by atoms with Crippen molar-refractivity contribution in [1.82, 2.24) is 0 Å². The first-order valence-corrected chi connectivity index (χ1v) is 6.47. The smallest absolute Gasteiger partial charge is 0.120 e. The third-order valence-corrected chi connectivity index (χ3v) is 4.31. The minimum absolute atomic E-state index is 0. The Kier molecular flexibility index (Phi) is 2.88. The SMILES string of the molecule is C[C-]1C(C)c2cccc3ccc4ccc[n+]1c4c23.[Ir]. The molecule has 1 unspecified atom stereocenters. The molecule has 0 saturated heterocycles. The van der Waals surface area contributed by atoms with Crippen LogP contribution in [0.5, 0.6) is 0 Å². The maximum absolute atomic E-state index is 2.36. The molecule has 4 rings (SSSR count). The Morgan fingerprint density at radius 3 is 2.58 bits per heavy atom. The standard InChI is InChI=1S/C17H15N.Ir/c1-11-12(2)18-10-4-6-14-9-8-13-5-3-7-15(11)16(13)17(14)18;/h3-11H,1-2H3;. The molecule has 1 atom stereocenters. The van der Waals surface area contributed by atoms with Crippen LogP contribution in [0.2, 0.25) is 0 Å². The fourth-order valence-corrected chi connectivity index (χ4v) is 3.19. The predicted octanol–water partition coefficient (Wildman–Crippen LogP) is 3.80. The van der Waals surface area contributed by atoms with Crippen LogP contribution in [-0.2, 0) is 20.1 Å². The van der Waals surface area contributed by atoms with E-state index in [9.17, 15) is 0 Å². The van der Waals surface area contributed by atoms with Crippen LogP contribution in [0.4, 0.5) is 0 Å². The molecule has 2 heterocycles. The van der Waals surface area contributed by atoms with Gasteiger partial charge in [-0.2, -0.15) is 0 Å². The quantitative estimate of drug-likeness (QED) is 0.293. The minimum Gasteiger partial charge on any atom is -0.327 e. The van der Waals surface area contributed by atoms with E-state index < -0.39 is 0 Å². The van der Waals surface area contributed by atoms with Crippen LogP contribution in [0, 0.1) is 6.04 Å². The summed E-state index contributed by atoms with van der Waals surface area (Å²) < 4.78 is 2.36. The number of rotatable bonds is 0. The Bertz CT molecular complexity index is 712. The van der Waals surface area contributed by atoms with Crippen LogP contribution in [0.1, 0.15) is 25.3 Å². The molecular formula is C17H15IrN. The molecule has 1 aliphatic heterocycles. The van der Waals surface area contributed by atoms with E-state index in [4.69, 9.17) is 0 Å². The van der Waals surface area contributed by atoms with Gasteiger partial charge in [-0.05, 0) is 23.3 Å². The Hall–Kier alpha value is -1.37. The van der Waals surface area contributed by atoms with Gasteiger partial charge in [-0.3, -0.25) is 0 Å². The van der Waals surface area contributed by atoms with Gasteiger partial charge in [0.25, 0.3) is 0 Å². The van der Waals surface area contributed by atoms with Gasteiger partial charge in [-0.1, -0.05) is 49.4 Å². The van der Waals surface area contributed by atoms with Gasteiger partial charge in [0.2, 0.25) is 0 Å². The van der Waals surface area contributed by atoms with Gasteiger partial charge in [-0.25, -0.2) is 0 Å². The molecule has 0 N–H and O–H groups in total. The molecule has 1 aromatic heterocycles. The molecule has 3 aromatic rings. The molecule has 0 fully saturated rings. The number of hydrogen-bond acceptors (Lipinski definition) is 0. The Morgan fingerprint density at radius 1 is 1.00 bits per heavy atom. The number of benzene rings is 2. The zero-order valence-electron chi connectivity index (χ0n) is 11.0. The molecule has 2 aromatic carbocycles. The van der Waals surface area contributed by atoms with Gasteiger partial charge in [0.05, 0.1) is 12.2 Å². The van der Waals surface area contributed by atoms with Crippen LogP contribution in [0.25, 0.3) is 21.7 Å². The van der Waals surface area contributed by atoms with Crippen molar-refractivity contribution in [3.05, 3.63) is 60.3 Å². The molecule has 0 amide bonds. The van der Waals surface area contributed by atoms with Crippen LogP contribution in [-0.4, -0.2) is 0 Å². The normalized spacial score (nSPS) is 16.9. The summed E-state index contributed by atoms with van der Waals surface area (Å²) in [5.41, 5.74) is 2.82. The fourth-order valence-electron chi connectivity index (χ4n) is 3.19. The molecule has 1 nitrogen and oxygen atoms in total. The van der Waals surface area contributed by atoms with E-state index in [1.165, 1.54) is 33.3 Å². The second-order valence-electron chi connectivity index (χ2n) is 5.19. The summed E-state index contributed by atoms with van der Waals surface area (Å²) in [4.78, 5) is 0. The summed E-state index contributed by atoms with van der Waals surface area (Å²) in [6, 6.07) is 16.9. The molecule has 2 heteroatoms.